The Morgan fingerprint density at radius 3 is 2.24 bits per heavy atom. The van der Waals surface area contributed by atoms with E-state index in [2.05, 4.69) is 43.4 Å². The van der Waals surface area contributed by atoms with Gasteiger partial charge in [0.15, 0.2) is 0 Å². The van der Waals surface area contributed by atoms with Crippen molar-refractivity contribution in [2.24, 2.45) is 0 Å². The van der Waals surface area contributed by atoms with Gasteiger partial charge < -0.3 is 5.32 Å². The van der Waals surface area contributed by atoms with Gasteiger partial charge in [-0.25, -0.2) is 4.39 Å². The number of aryl methyl sites for hydroxylation is 3. The molecule has 21 heavy (non-hydrogen) atoms. The van der Waals surface area contributed by atoms with Crippen molar-refractivity contribution in [1.82, 2.24) is 5.32 Å². The Kier molecular flexibility index (Phi) is 5.13. The van der Waals surface area contributed by atoms with E-state index < -0.39 is 0 Å². The summed E-state index contributed by atoms with van der Waals surface area (Å²) in [5, 5.41) is 3.58. The topological polar surface area (TPSA) is 12.0 Å². The van der Waals surface area contributed by atoms with Crippen molar-refractivity contribution in [2.45, 2.75) is 40.2 Å². The molecule has 0 aliphatic heterocycles. The minimum absolute atomic E-state index is 0.0998. The van der Waals surface area contributed by atoms with Gasteiger partial charge in [0, 0.05) is 0 Å². The lowest BCUT2D eigenvalue weighted by atomic mass is 9.94. The summed E-state index contributed by atoms with van der Waals surface area (Å²) in [6, 6.07) is 12.5. The van der Waals surface area contributed by atoms with E-state index in [1.807, 2.05) is 26.0 Å². The van der Waals surface area contributed by atoms with E-state index in [0.717, 1.165) is 18.5 Å². The first-order chi connectivity index (χ1) is 10.0. The van der Waals surface area contributed by atoms with Crippen LogP contribution in [0.15, 0.2) is 36.4 Å². The molecule has 0 aliphatic carbocycles. The molecule has 0 saturated heterocycles. The Balaban J connectivity index is 2.45. The molecular formula is C19H24FN. The van der Waals surface area contributed by atoms with Crippen LogP contribution in [0.25, 0.3) is 0 Å². The zero-order valence-electron chi connectivity index (χ0n) is 13.3. The molecule has 0 aliphatic rings. The predicted octanol–water partition coefficient (Wildman–Crippen LogP) is 4.84. The summed E-state index contributed by atoms with van der Waals surface area (Å²) in [7, 11) is 0. The van der Waals surface area contributed by atoms with Crippen LogP contribution in [0, 0.1) is 26.6 Å². The molecule has 0 spiro atoms. The highest BCUT2D eigenvalue weighted by Crippen LogP contribution is 2.26. The molecular weight excluding hydrogens is 261 g/mol. The van der Waals surface area contributed by atoms with Gasteiger partial charge in [0.05, 0.1) is 6.04 Å². The minimum Gasteiger partial charge on any atom is -0.306 e. The van der Waals surface area contributed by atoms with E-state index in [-0.39, 0.29) is 11.9 Å². The molecule has 0 saturated carbocycles. The molecule has 2 heteroatoms. The van der Waals surface area contributed by atoms with E-state index in [1.165, 1.54) is 11.1 Å². The van der Waals surface area contributed by atoms with Gasteiger partial charge in [0.1, 0.15) is 5.82 Å². The fourth-order valence-corrected chi connectivity index (χ4v) is 2.71. The molecule has 2 aromatic carbocycles. The second-order valence-corrected chi connectivity index (χ2v) is 5.77. The standard InChI is InChI=1S/C19H24FN/c1-5-9-21-19(16-8-6-7-13(2)10-16)17-11-14(3)18(20)15(4)12-17/h6-8,10-12,19,21H,5,9H2,1-4H3. The monoisotopic (exact) mass is 285 g/mol. The normalized spacial score (nSPS) is 12.4. The molecule has 1 unspecified atom stereocenters. The summed E-state index contributed by atoms with van der Waals surface area (Å²) in [5.74, 6) is -0.0998. The summed E-state index contributed by atoms with van der Waals surface area (Å²) < 4.78 is 13.9. The van der Waals surface area contributed by atoms with E-state index in [4.69, 9.17) is 0 Å². The zero-order valence-corrected chi connectivity index (χ0v) is 13.3. The fourth-order valence-electron chi connectivity index (χ4n) is 2.71. The molecule has 0 amide bonds. The summed E-state index contributed by atoms with van der Waals surface area (Å²) in [6.45, 7) is 8.86. The number of benzene rings is 2. The highest BCUT2D eigenvalue weighted by atomic mass is 19.1. The van der Waals surface area contributed by atoms with Gasteiger partial charge in [-0.15, -0.1) is 0 Å². The smallest absolute Gasteiger partial charge is 0.129 e. The van der Waals surface area contributed by atoms with Crippen LogP contribution in [-0.2, 0) is 0 Å². The molecule has 0 fully saturated rings. The first kappa shape index (κ1) is 15.7. The van der Waals surface area contributed by atoms with E-state index in [9.17, 15) is 4.39 Å². The van der Waals surface area contributed by atoms with Crippen LogP contribution in [0.4, 0.5) is 4.39 Å². The molecule has 2 aromatic rings. The maximum Gasteiger partial charge on any atom is 0.129 e. The maximum atomic E-state index is 13.9. The molecule has 0 aromatic heterocycles. The lowest BCUT2D eigenvalue weighted by Gasteiger charge is -2.21. The van der Waals surface area contributed by atoms with Crippen LogP contribution in [0.2, 0.25) is 0 Å². The largest absolute Gasteiger partial charge is 0.306 e. The molecule has 0 bridgehead atoms. The van der Waals surface area contributed by atoms with E-state index in [1.54, 1.807) is 0 Å². The average molecular weight is 285 g/mol. The van der Waals surface area contributed by atoms with E-state index >= 15 is 0 Å². The SMILES string of the molecule is CCCNC(c1cccc(C)c1)c1cc(C)c(F)c(C)c1. The van der Waals surface area contributed by atoms with E-state index in [0.29, 0.717) is 11.1 Å². The minimum atomic E-state index is -0.0998. The molecule has 2 rings (SSSR count). The highest BCUT2D eigenvalue weighted by Gasteiger charge is 2.16. The Morgan fingerprint density at radius 2 is 1.67 bits per heavy atom. The quantitative estimate of drug-likeness (QED) is 0.829. The van der Waals surface area contributed by atoms with Gasteiger partial charge in [-0.05, 0) is 56.0 Å². The molecule has 0 heterocycles. The molecule has 1 N–H and O–H groups in total. The first-order valence-electron chi connectivity index (χ1n) is 7.59. The van der Waals surface area contributed by atoms with Crippen molar-refractivity contribution in [1.29, 1.82) is 0 Å². The average Bonchev–Trinajstić information content (AvgIpc) is 2.45. The third kappa shape index (κ3) is 3.70. The number of hydrogen-bond acceptors (Lipinski definition) is 1. The predicted molar refractivity (Wildman–Crippen MR) is 87.2 cm³/mol. The van der Waals surface area contributed by atoms with Gasteiger partial charge >= 0.3 is 0 Å². The Labute approximate surface area is 127 Å². The molecule has 112 valence electrons. The van der Waals surface area contributed by atoms with Crippen LogP contribution >= 0.6 is 0 Å². The number of rotatable bonds is 5. The number of hydrogen-bond donors (Lipinski definition) is 1. The lowest BCUT2D eigenvalue weighted by Crippen LogP contribution is -2.23. The Hall–Kier alpha value is -1.67. The van der Waals surface area contributed by atoms with Crippen molar-refractivity contribution in [3.8, 4) is 0 Å². The molecule has 1 atom stereocenters. The second-order valence-electron chi connectivity index (χ2n) is 5.77. The summed E-state index contributed by atoms with van der Waals surface area (Å²) in [5.41, 5.74) is 5.02. The van der Waals surface area contributed by atoms with Crippen molar-refractivity contribution >= 4 is 0 Å². The lowest BCUT2D eigenvalue weighted by molar-refractivity contribution is 0.586. The molecule has 1 nitrogen and oxygen atoms in total. The highest BCUT2D eigenvalue weighted by molar-refractivity contribution is 5.38. The van der Waals surface area contributed by atoms with Crippen molar-refractivity contribution in [2.75, 3.05) is 6.54 Å². The first-order valence-corrected chi connectivity index (χ1v) is 7.59. The van der Waals surface area contributed by atoms with Gasteiger partial charge in [-0.1, -0.05) is 48.9 Å². The van der Waals surface area contributed by atoms with Crippen LogP contribution in [0.5, 0.6) is 0 Å². The van der Waals surface area contributed by atoms with Gasteiger partial charge in [-0.2, -0.15) is 0 Å². The van der Waals surface area contributed by atoms with Gasteiger partial charge in [0.25, 0.3) is 0 Å². The molecule has 0 radical (unpaired) electrons. The third-order valence-corrected chi connectivity index (χ3v) is 3.77. The van der Waals surface area contributed by atoms with Crippen molar-refractivity contribution in [3.05, 3.63) is 70.0 Å². The summed E-state index contributed by atoms with van der Waals surface area (Å²) in [4.78, 5) is 0. The van der Waals surface area contributed by atoms with Gasteiger partial charge in [-0.3, -0.25) is 0 Å². The maximum absolute atomic E-state index is 13.9. The Bertz CT molecular complexity index is 596. The zero-order chi connectivity index (χ0) is 15.4. The van der Waals surface area contributed by atoms with Crippen molar-refractivity contribution < 1.29 is 4.39 Å². The van der Waals surface area contributed by atoms with Crippen molar-refractivity contribution in [3.63, 3.8) is 0 Å². The van der Waals surface area contributed by atoms with Gasteiger partial charge in [0.2, 0.25) is 0 Å². The third-order valence-electron chi connectivity index (χ3n) is 3.77. The summed E-state index contributed by atoms with van der Waals surface area (Å²) >= 11 is 0. The van der Waals surface area contributed by atoms with Crippen LogP contribution in [0.1, 0.15) is 47.2 Å². The van der Waals surface area contributed by atoms with Crippen LogP contribution < -0.4 is 5.32 Å². The number of nitrogens with one attached hydrogen (secondary N) is 1. The number of halogens is 1. The van der Waals surface area contributed by atoms with Crippen LogP contribution in [0.3, 0.4) is 0 Å². The van der Waals surface area contributed by atoms with Crippen LogP contribution in [-0.4, -0.2) is 6.54 Å². The fraction of sp³-hybridized carbons (Fsp3) is 0.368. The Morgan fingerprint density at radius 1 is 1.00 bits per heavy atom. The second kappa shape index (κ2) is 6.86. The summed E-state index contributed by atoms with van der Waals surface area (Å²) in [6.07, 6.45) is 1.07.